The Morgan fingerprint density at radius 3 is 2.56 bits per heavy atom. The van der Waals surface area contributed by atoms with E-state index in [1.165, 1.54) is 0 Å². The highest BCUT2D eigenvalue weighted by molar-refractivity contribution is 5.86. The van der Waals surface area contributed by atoms with Gasteiger partial charge in [-0.2, -0.15) is 0 Å². The molecule has 2 aromatic carbocycles. The number of aromatic hydroxyl groups is 1. The highest BCUT2D eigenvalue weighted by atomic mass is 16.5. The van der Waals surface area contributed by atoms with E-state index in [1.54, 1.807) is 12.1 Å². The number of phenols is 1. The van der Waals surface area contributed by atoms with Gasteiger partial charge in [0.05, 0.1) is 31.4 Å². The fraction of sp³-hybridized carbons (Fsp3) is 0.500. The van der Waals surface area contributed by atoms with Crippen LogP contribution in [0, 0.1) is 5.92 Å². The summed E-state index contributed by atoms with van der Waals surface area (Å²) in [5.41, 5.74) is 8.26. The van der Waals surface area contributed by atoms with Gasteiger partial charge in [0, 0.05) is 24.6 Å². The first-order chi connectivity index (χ1) is 16.6. The number of carbonyl (C=O) groups is 1. The number of ether oxygens (including phenoxy) is 3. The van der Waals surface area contributed by atoms with Crippen molar-refractivity contribution in [3.8, 4) is 17.2 Å². The third-order valence-electron chi connectivity index (χ3n) is 7.02. The van der Waals surface area contributed by atoms with Gasteiger partial charge in [-0.1, -0.05) is 24.3 Å². The van der Waals surface area contributed by atoms with Crippen molar-refractivity contribution in [2.24, 2.45) is 5.92 Å². The first-order valence-corrected chi connectivity index (χ1v) is 12.2. The number of phenolic OH excluding ortho intramolecular Hbond substituents is 1. The number of benzene rings is 2. The summed E-state index contributed by atoms with van der Waals surface area (Å²) < 4.78 is 17.6. The van der Waals surface area contributed by atoms with Crippen molar-refractivity contribution < 1.29 is 24.1 Å². The SMILES string of the molecule is CCOc1ccc(C2C3C(NNC3c3ccccc3O)C(=O)N2CC2CCCO2)cc1OCC. The molecule has 5 rings (SSSR count). The average Bonchev–Trinajstić information content (AvgIpc) is 3.56. The fourth-order valence-corrected chi connectivity index (χ4v) is 5.58. The maximum Gasteiger partial charge on any atom is 0.242 e. The van der Waals surface area contributed by atoms with E-state index in [0.29, 0.717) is 31.3 Å². The van der Waals surface area contributed by atoms with Gasteiger partial charge in [-0.25, -0.2) is 10.9 Å². The maximum atomic E-state index is 13.6. The van der Waals surface area contributed by atoms with Gasteiger partial charge in [-0.15, -0.1) is 0 Å². The number of hydrogen-bond donors (Lipinski definition) is 3. The van der Waals surface area contributed by atoms with E-state index in [0.717, 1.165) is 30.6 Å². The van der Waals surface area contributed by atoms with Crippen LogP contribution in [-0.4, -0.2) is 54.4 Å². The molecule has 0 spiro atoms. The molecule has 0 bridgehead atoms. The lowest BCUT2D eigenvalue weighted by molar-refractivity contribution is -0.132. The number of rotatable bonds is 8. The largest absolute Gasteiger partial charge is 0.508 e. The molecule has 0 aliphatic carbocycles. The Bertz CT molecular complexity index is 1030. The first kappa shape index (κ1) is 23.0. The minimum Gasteiger partial charge on any atom is -0.508 e. The van der Waals surface area contributed by atoms with E-state index in [4.69, 9.17) is 14.2 Å². The molecule has 3 aliphatic rings. The molecular weight excluding hydrogens is 434 g/mol. The fourth-order valence-electron chi connectivity index (χ4n) is 5.58. The van der Waals surface area contributed by atoms with Crippen molar-refractivity contribution in [1.29, 1.82) is 0 Å². The molecule has 2 aromatic rings. The molecule has 34 heavy (non-hydrogen) atoms. The van der Waals surface area contributed by atoms with Crippen LogP contribution in [0.5, 0.6) is 17.2 Å². The highest BCUT2D eigenvalue weighted by Gasteiger charge is 2.56. The zero-order valence-corrected chi connectivity index (χ0v) is 19.7. The third kappa shape index (κ3) is 4.10. The monoisotopic (exact) mass is 467 g/mol. The summed E-state index contributed by atoms with van der Waals surface area (Å²) in [5, 5.41) is 10.6. The molecule has 3 fully saturated rings. The van der Waals surface area contributed by atoms with Crippen LogP contribution in [0.1, 0.15) is 49.9 Å². The quantitative estimate of drug-likeness (QED) is 0.550. The average molecular weight is 468 g/mol. The molecule has 1 amide bonds. The van der Waals surface area contributed by atoms with Crippen LogP contribution in [0.3, 0.4) is 0 Å². The van der Waals surface area contributed by atoms with Crippen LogP contribution in [0.2, 0.25) is 0 Å². The molecular formula is C26H33N3O5. The Morgan fingerprint density at radius 1 is 1.06 bits per heavy atom. The Morgan fingerprint density at radius 2 is 1.82 bits per heavy atom. The van der Waals surface area contributed by atoms with Gasteiger partial charge in [-0.05, 0) is 50.5 Å². The second-order valence-electron chi connectivity index (χ2n) is 9.02. The summed E-state index contributed by atoms with van der Waals surface area (Å²) in [5.74, 6) is 1.50. The molecule has 182 valence electrons. The molecule has 8 heteroatoms. The summed E-state index contributed by atoms with van der Waals surface area (Å²) >= 11 is 0. The minimum absolute atomic E-state index is 0.0378. The Hall–Kier alpha value is -2.81. The Kier molecular flexibility index (Phi) is 6.63. The van der Waals surface area contributed by atoms with Gasteiger partial charge in [0.15, 0.2) is 11.5 Å². The van der Waals surface area contributed by atoms with Crippen LogP contribution >= 0.6 is 0 Å². The van der Waals surface area contributed by atoms with Crippen molar-refractivity contribution >= 4 is 5.91 Å². The number of amides is 1. The molecule has 0 aromatic heterocycles. The van der Waals surface area contributed by atoms with Gasteiger partial charge >= 0.3 is 0 Å². The van der Waals surface area contributed by atoms with Crippen LogP contribution in [-0.2, 0) is 9.53 Å². The molecule has 3 N–H and O–H groups in total. The molecule has 3 saturated heterocycles. The summed E-state index contributed by atoms with van der Waals surface area (Å²) in [6.45, 7) is 6.23. The van der Waals surface area contributed by atoms with E-state index in [-0.39, 0.29) is 35.8 Å². The smallest absolute Gasteiger partial charge is 0.242 e. The van der Waals surface area contributed by atoms with E-state index >= 15 is 0 Å². The summed E-state index contributed by atoms with van der Waals surface area (Å²) in [7, 11) is 0. The molecule has 0 radical (unpaired) electrons. The predicted molar refractivity (Wildman–Crippen MR) is 127 cm³/mol. The molecule has 8 nitrogen and oxygen atoms in total. The Balaban J connectivity index is 1.56. The molecule has 0 saturated carbocycles. The Labute approximate surface area is 200 Å². The van der Waals surface area contributed by atoms with Gasteiger partial charge in [0.1, 0.15) is 11.8 Å². The lowest BCUT2D eigenvalue weighted by Crippen LogP contribution is -2.43. The summed E-state index contributed by atoms with van der Waals surface area (Å²) in [6, 6.07) is 12.4. The molecule has 3 heterocycles. The van der Waals surface area contributed by atoms with Gasteiger partial charge in [-0.3, -0.25) is 4.79 Å². The number of nitrogens with one attached hydrogen (secondary N) is 2. The van der Waals surface area contributed by atoms with E-state index in [2.05, 4.69) is 10.9 Å². The standard InChI is InChI=1S/C26H33N3O5/c1-3-32-20-12-11-16(14-21(20)33-4-2)25-22-23(18-9-5-6-10-19(18)30)27-28-24(22)26(31)29(25)15-17-8-7-13-34-17/h5-6,9-12,14,17,22-25,27-28,30H,3-4,7-8,13,15H2,1-2H3. The van der Waals surface area contributed by atoms with Gasteiger partial charge in [0.2, 0.25) is 5.91 Å². The van der Waals surface area contributed by atoms with Gasteiger partial charge in [0.25, 0.3) is 0 Å². The van der Waals surface area contributed by atoms with Crippen LogP contribution < -0.4 is 20.3 Å². The first-order valence-electron chi connectivity index (χ1n) is 12.2. The molecule has 5 unspecified atom stereocenters. The van der Waals surface area contributed by atoms with E-state index < -0.39 is 6.04 Å². The van der Waals surface area contributed by atoms with Crippen molar-refractivity contribution in [3.05, 3.63) is 53.6 Å². The summed E-state index contributed by atoms with van der Waals surface area (Å²) in [6.07, 6.45) is 2.01. The van der Waals surface area contributed by atoms with Crippen LogP contribution in [0.25, 0.3) is 0 Å². The van der Waals surface area contributed by atoms with Crippen molar-refractivity contribution in [2.45, 2.75) is 50.9 Å². The number of likely N-dealkylation sites (tertiary alicyclic amines) is 1. The number of hydrazine groups is 1. The topological polar surface area (TPSA) is 92.3 Å². The van der Waals surface area contributed by atoms with Crippen molar-refractivity contribution in [3.63, 3.8) is 0 Å². The minimum atomic E-state index is -0.405. The van der Waals surface area contributed by atoms with Gasteiger partial charge < -0.3 is 24.2 Å². The summed E-state index contributed by atoms with van der Waals surface area (Å²) in [4.78, 5) is 15.6. The number of fused-ring (bicyclic) bond motifs is 1. The van der Waals surface area contributed by atoms with Crippen molar-refractivity contribution in [2.75, 3.05) is 26.4 Å². The van der Waals surface area contributed by atoms with Crippen LogP contribution in [0.4, 0.5) is 0 Å². The third-order valence-corrected chi connectivity index (χ3v) is 7.02. The maximum absolute atomic E-state index is 13.6. The zero-order chi connectivity index (χ0) is 23.7. The lowest BCUT2D eigenvalue weighted by atomic mass is 9.83. The second kappa shape index (κ2) is 9.82. The predicted octanol–water partition coefficient (Wildman–Crippen LogP) is 3.09. The van der Waals surface area contributed by atoms with Crippen LogP contribution in [0.15, 0.2) is 42.5 Å². The van der Waals surface area contributed by atoms with Crippen molar-refractivity contribution in [1.82, 2.24) is 15.8 Å². The van der Waals surface area contributed by atoms with E-state index in [1.807, 2.05) is 49.1 Å². The lowest BCUT2D eigenvalue weighted by Gasteiger charge is -2.33. The van der Waals surface area contributed by atoms with E-state index in [9.17, 15) is 9.90 Å². The normalized spacial score (nSPS) is 28.4. The number of hydrogen-bond acceptors (Lipinski definition) is 7. The number of nitrogens with zero attached hydrogens (tertiary/aromatic N) is 1. The second-order valence-corrected chi connectivity index (χ2v) is 9.02. The number of para-hydroxylation sites is 1. The number of carbonyl (C=O) groups excluding carboxylic acids is 1. The highest BCUT2D eigenvalue weighted by Crippen LogP contribution is 2.49. The molecule has 5 atom stereocenters. The molecule has 3 aliphatic heterocycles. The zero-order valence-electron chi connectivity index (χ0n) is 19.7.